The second-order valence-electron chi connectivity index (χ2n) is 6.49. The molecule has 7 N–H and O–H groups in total. The number of aliphatic hydroxyl groups excluding tert-OH is 2. The van der Waals surface area contributed by atoms with E-state index in [4.69, 9.17) is 19.4 Å². The van der Waals surface area contributed by atoms with Crippen molar-refractivity contribution in [2.75, 3.05) is 6.61 Å². The van der Waals surface area contributed by atoms with Crippen LogP contribution in [0.1, 0.15) is 25.3 Å². The Bertz CT molecular complexity index is 1050. The number of aromatic amines is 1. The molecule has 6 atom stereocenters. The molecule has 2 unspecified atom stereocenters. The maximum Gasteiger partial charge on any atom is 0.490 e. The highest BCUT2D eigenvalue weighted by molar-refractivity contribution is 7.66. The highest BCUT2D eigenvalue weighted by atomic mass is 31.3. The predicted octanol–water partition coefficient (Wildman–Crippen LogP) is -1.55. The zero-order valence-electron chi connectivity index (χ0n) is 16.2. The molecule has 17 nitrogen and oxygen atoms in total. The highest BCUT2D eigenvalue weighted by Gasteiger charge is 2.47. The molecule has 1 aromatic rings. The van der Waals surface area contributed by atoms with E-state index in [1.54, 1.807) is 0 Å². The van der Waals surface area contributed by atoms with E-state index in [0.29, 0.717) is 23.1 Å². The van der Waals surface area contributed by atoms with E-state index in [-0.39, 0.29) is 0 Å². The number of hydrogen-bond donors (Lipinski definition) is 7. The highest BCUT2D eigenvalue weighted by Crippen LogP contribution is 2.66. The minimum atomic E-state index is -5.75. The fourth-order valence-corrected chi connectivity index (χ4v) is 5.78. The maximum absolute atomic E-state index is 12.3. The van der Waals surface area contributed by atoms with Gasteiger partial charge in [-0.3, -0.25) is 9.32 Å². The lowest BCUT2D eigenvalue weighted by molar-refractivity contribution is -0.0557. The molecule has 0 bridgehead atoms. The van der Waals surface area contributed by atoms with Crippen LogP contribution in [0.4, 0.5) is 0 Å². The largest absolute Gasteiger partial charge is 0.490 e. The summed E-state index contributed by atoms with van der Waals surface area (Å²) < 4.78 is 50.7. The first-order valence-corrected chi connectivity index (χ1v) is 13.2. The number of phosphoric acid groups is 3. The first kappa shape index (κ1) is 27.2. The number of aliphatic hydroxyl groups is 2. The molecule has 2 rings (SSSR count). The van der Waals surface area contributed by atoms with Crippen molar-refractivity contribution in [3.05, 3.63) is 32.6 Å². The van der Waals surface area contributed by atoms with E-state index < -0.39 is 65.9 Å². The average molecular weight is 526 g/mol. The van der Waals surface area contributed by atoms with Gasteiger partial charge in [0.05, 0.1) is 6.61 Å². The Hall–Kier alpha value is -1.03. The van der Waals surface area contributed by atoms with E-state index in [1.807, 2.05) is 6.92 Å². The number of nitrogens with one attached hydrogen (secondary N) is 1. The lowest BCUT2D eigenvalue weighted by Gasteiger charge is -2.19. The quantitative estimate of drug-likeness (QED) is 0.170. The van der Waals surface area contributed by atoms with Gasteiger partial charge in [-0.1, -0.05) is 13.3 Å². The minimum Gasteiger partial charge on any atom is -0.387 e. The summed E-state index contributed by atoms with van der Waals surface area (Å²) in [5.74, 6) is 0. The van der Waals surface area contributed by atoms with Gasteiger partial charge in [-0.15, -0.1) is 0 Å². The van der Waals surface area contributed by atoms with Gasteiger partial charge in [0.15, 0.2) is 6.23 Å². The Balaban J connectivity index is 2.12. The third-order valence-corrected chi connectivity index (χ3v) is 7.75. The molecule has 2 heterocycles. The maximum atomic E-state index is 12.3. The third kappa shape index (κ3) is 7.23. The molecule has 1 aromatic heterocycles. The summed E-state index contributed by atoms with van der Waals surface area (Å²) in [6.07, 6.45) is -6.05. The van der Waals surface area contributed by atoms with Crippen LogP contribution < -0.4 is 11.2 Å². The number of nitrogens with zero attached hydrogens (tertiary/aromatic N) is 1. The normalized spacial score (nSPS) is 27.7. The van der Waals surface area contributed by atoms with Gasteiger partial charge in [-0.25, -0.2) is 23.1 Å². The van der Waals surface area contributed by atoms with Crippen molar-refractivity contribution >= 4 is 23.5 Å². The Kier molecular flexibility index (Phi) is 8.57. The van der Waals surface area contributed by atoms with Crippen molar-refractivity contribution in [3.8, 4) is 0 Å². The van der Waals surface area contributed by atoms with Gasteiger partial charge in [0.25, 0.3) is 5.56 Å². The van der Waals surface area contributed by atoms with Crippen LogP contribution in [0.5, 0.6) is 0 Å². The van der Waals surface area contributed by atoms with Crippen molar-refractivity contribution in [3.63, 3.8) is 0 Å². The molecule has 1 aliphatic heterocycles. The summed E-state index contributed by atoms with van der Waals surface area (Å²) in [5.41, 5.74) is -1.48. The van der Waals surface area contributed by atoms with Crippen LogP contribution in [-0.2, 0) is 38.0 Å². The molecular weight excluding hydrogens is 505 g/mol. The van der Waals surface area contributed by atoms with Crippen molar-refractivity contribution in [1.29, 1.82) is 0 Å². The molecule has 0 amide bonds. The predicted molar refractivity (Wildman–Crippen MR) is 101 cm³/mol. The summed E-state index contributed by atoms with van der Waals surface area (Å²) in [6, 6.07) is 1.09. The van der Waals surface area contributed by atoms with Gasteiger partial charge < -0.3 is 39.5 Å². The van der Waals surface area contributed by atoms with Crippen LogP contribution in [0, 0.1) is 0 Å². The van der Waals surface area contributed by atoms with Gasteiger partial charge in [0.2, 0.25) is 0 Å². The fraction of sp³-hybridized carbons (Fsp3) is 0.667. The zero-order valence-corrected chi connectivity index (χ0v) is 18.8. The molecule has 0 aromatic carbocycles. The molecule has 184 valence electrons. The SMILES string of the molecule is CCCc1cc(=O)n([C@@H]2O[C@H](COP(=O)(O)OP(=O)(O)OP(=O)(O)O)[C@@H](O)[C@H]2O)c(=O)[nH]1. The summed E-state index contributed by atoms with van der Waals surface area (Å²) in [7, 11) is -16.8. The van der Waals surface area contributed by atoms with Crippen LogP contribution in [0.25, 0.3) is 0 Å². The van der Waals surface area contributed by atoms with Gasteiger partial charge in [0.1, 0.15) is 18.3 Å². The molecular formula is C12H21N2O15P3. The molecule has 1 aliphatic rings. The Labute approximate surface area is 178 Å². The average Bonchev–Trinajstić information content (AvgIpc) is 2.85. The number of rotatable bonds is 10. The molecule has 1 saturated heterocycles. The van der Waals surface area contributed by atoms with Gasteiger partial charge in [-0.2, -0.15) is 8.62 Å². The first-order valence-electron chi connectivity index (χ1n) is 8.70. The Morgan fingerprint density at radius 3 is 2.22 bits per heavy atom. The second kappa shape index (κ2) is 10.1. The van der Waals surface area contributed by atoms with Crippen LogP contribution in [0.3, 0.4) is 0 Å². The van der Waals surface area contributed by atoms with Gasteiger partial charge in [-0.05, 0) is 6.42 Å². The smallest absolute Gasteiger partial charge is 0.387 e. The summed E-state index contributed by atoms with van der Waals surface area (Å²) in [4.78, 5) is 62.4. The standard InChI is InChI=1S/C12H21N2O15P3/c1-2-3-6-4-8(15)14(12(18)13-6)11-10(17)9(16)7(27-11)5-26-31(22,23)29-32(24,25)28-30(19,20)21/h4,7,9-11,16-17H,2-3,5H2,1H3,(H,13,18)(H,22,23)(H,24,25)(H2,19,20,21)/t7-,9-,10-,11-/m1/s1. The first-order chi connectivity index (χ1) is 14.6. The van der Waals surface area contributed by atoms with Gasteiger partial charge in [0, 0.05) is 11.8 Å². The van der Waals surface area contributed by atoms with Gasteiger partial charge >= 0.3 is 29.2 Å². The van der Waals surface area contributed by atoms with Crippen LogP contribution in [0.15, 0.2) is 15.7 Å². The van der Waals surface area contributed by atoms with Crippen LogP contribution >= 0.6 is 23.5 Å². The second-order valence-corrected chi connectivity index (χ2v) is 10.9. The molecule has 0 radical (unpaired) electrons. The number of hydrogen-bond acceptors (Lipinski definition) is 11. The fourth-order valence-electron chi connectivity index (χ4n) is 2.75. The van der Waals surface area contributed by atoms with E-state index >= 15 is 0 Å². The monoisotopic (exact) mass is 526 g/mol. The number of H-pyrrole nitrogens is 1. The third-order valence-electron chi connectivity index (χ3n) is 3.95. The lowest BCUT2D eigenvalue weighted by atomic mass is 10.1. The number of aryl methyl sites for hydroxylation is 1. The van der Waals surface area contributed by atoms with Crippen LogP contribution in [-0.4, -0.2) is 64.3 Å². The summed E-state index contributed by atoms with van der Waals surface area (Å²) >= 11 is 0. The summed E-state index contributed by atoms with van der Waals surface area (Å²) in [5, 5.41) is 20.2. The van der Waals surface area contributed by atoms with Crippen molar-refractivity contribution in [2.45, 2.75) is 44.3 Å². The van der Waals surface area contributed by atoms with E-state index in [2.05, 4.69) is 18.1 Å². The zero-order chi connectivity index (χ0) is 24.5. The number of ether oxygens (including phenoxy) is 1. The number of aromatic nitrogens is 2. The molecule has 20 heteroatoms. The summed E-state index contributed by atoms with van der Waals surface area (Å²) in [6.45, 7) is 0.727. The molecule has 0 aliphatic carbocycles. The van der Waals surface area contributed by atoms with E-state index in [9.17, 15) is 38.4 Å². The van der Waals surface area contributed by atoms with Crippen LogP contribution in [0.2, 0.25) is 0 Å². The minimum absolute atomic E-state index is 0.330. The lowest BCUT2D eigenvalue weighted by Crippen LogP contribution is -2.43. The Morgan fingerprint density at radius 1 is 1.06 bits per heavy atom. The molecule has 1 fully saturated rings. The van der Waals surface area contributed by atoms with Crippen molar-refractivity contribution in [1.82, 2.24) is 9.55 Å². The van der Waals surface area contributed by atoms with E-state index in [1.165, 1.54) is 0 Å². The molecule has 0 saturated carbocycles. The van der Waals surface area contributed by atoms with Crippen molar-refractivity contribution in [2.24, 2.45) is 0 Å². The molecule has 32 heavy (non-hydrogen) atoms. The Morgan fingerprint density at radius 2 is 1.69 bits per heavy atom. The molecule has 0 spiro atoms. The number of phosphoric ester groups is 1. The van der Waals surface area contributed by atoms with E-state index in [0.717, 1.165) is 6.07 Å². The topological polar surface area (TPSA) is 264 Å². The van der Waals surface area contributed by atoms with Crippen molar-refractivity contribution < 1.29 is 61.4 Å².